The molecule has 0 radical (unpaired) electrons. The fourth-order valence-corrected chi connectivity index (χ4v) is 10.5. The Morgan fingerprint density at radius 3 is 1.25 bits per heavy atom. The van der Waals surface area contributed by atoms with Gasteiger partial charge in [0, 0.05) is 6.42 Å². The highest BCUT2D eigenvalue weighted by Crippen LogP contribution is 2.33. The first kappa shape index (κ1) is 72.3. The number of carbonyl (C=O) groups excluding carboxylic acids is 1. The normalized spacial score (nSPS) is 30.2. The molecule has 3 aliphatic heterocycles. The van der Waals surface area contributed by atoms with Crippen LogP contribution < -0.4 is 5.32 Å². The van der Waals surface area contributed by atoms with Gasteiger partial charge in [-0.25, -0.2) is 0 Å². The number of ether oxygens (including phenoxy) is 6. The molecule has 3 aliphatic rings. The van der Waals surface area contributed by atoms with Gasteiger partial charge in [-0.1, -0.05) is 198 Å². The fourth-order valence-electron chi connectivity index (χ4n) is 10.5. The Morgan fingerprint density at radius 2 is 0.800 bits per heavy atom. The smallest absolute Gasteiger partial charge is 0.220 e. The van der Waals surface area contributed by atoms with Gasteiger partial charge in [0.15, 0.2) is 18.9 Å². The molecular formula is C61H111NO18. The summed E-state index contributed by atoms with van der Waals surface area (Å²) in [5, 5.41) is 120. The van der Waals surface area contributed by atoms with E-state index in [0.29, 0.717) is 12.8 Å². The van der Waals surface area contributed by atoms with Crippen LogP contribution in [0.1, 0.15) is 213 Å². The van der Waals surface area contributed by atoms with Crippen LogP contribution in [0.25, 0.3) is 0 Å². The summed E-state index contributed by atoms with van der Waals surface area (Å²) in [4.78, 5) is 13.3. The highest BCUT2D eigenvalue weighted by Gasteiger charge is 2.53. The minimum atomic E-state index is -1.98. The number of carbonyl (C=O) groups is 1. The van der Waals surface area contributed by atoms with Crippen LogP contribution in [-0.2, 0) is 33.2 Å². The zero-order valence-electron chi connectivity index (χ0n) is 48.8. The van der Waals surface area contributed by atoms with Crippen molar-refractivity contribution in [1.82, 2.24) is 5.32 Å². The van der Waals surface area contributed by atoms with Crippen LogP contribution in [0.5, 0.6) is 0 Å². The predicted octanol–water partition coefficient (Wildman–Crippen LogP) is 6.10. The number of nitrogens with one attached hydrogen (secondary N) is 1. The molecular weight excluding hydrogens is 1030 g/mol. The van der Waals surface area contributed by atoms with E-state index in [-0.39, 0.29) is 18.9 Å². The summed E-state index contributed by atoms with van der Waals surface area (Å²) in [7, 11) is 0. The molecule has 3 saturated heterocycles. The maximum absolute atomic E-state index is 13.3. The molecule has 12 N–H and O–H groups in total. The molecule has 1 amide bonds. The fraction of sp³-hybridized carbons (Fsp3) is 0.885. The lowest BCUT2D eigenvalue weighted by molar-refractivity contribution is -0.379. The molecule has 0 bridgehead atoms. The van der Waals surface area contributed by atoms with Gasteiger partial charge in [-0.15, -0.1) is 0 Å². The van der Waals surface area contributed by atoms with Crippen molar-refractivity contribution in [3.8, 4) is 0 Å². The van der Waals surface area contributed by atoms with E-state index in [1.807, 2.05) is 6.08 Å². The average molecular weight is 1150 g/mol. The Kier molecular flexibility index (Phi) is 40.2. The number of allylic oxidation sites excluding steroid dienone is 5. The van der Waals surface area contributed by atoms with E-state index in [9.17, 15) is 61.0 Å². The van der Waals surface area contributed by atoms with Crippen LogP contribution in [0.3, 0.4) is 0 Å². The number of aliphatic hydroxyl groups excluding tert-OH is 11. The number of hydrogen-bond acceptors (Lipinski definition) is 18. The summed E-state index contributed by atoms with van der Waals surface area (Å²) in [6.45, 7) is 1.68. The zero-order valence-corrected chi connectivity index (χ0v) is 48.8. The van der Waals surface area contributed by atoms with Gasteiger partial charge >= 0.3 is 0 Å². The minimum absolute atomic E-state index is 0.234. The van der Waals surface area contributed by atoms with E-state index in [0.717, 1.165) is 44.9 Å². The van der Waals surface area contributed by atoms with Crippen molar-refractivity contribution in [3.05, 3.63) is 36.5 Å². The number of hydrogen-bond donors (Lipinski definition) is 12. The van der Waals surface area contributed by atoms with Crippen molar-refractivity contribution < 1.29 is 89.4 Å². The van der Waals surface area contributed by atoms with Crippen molar-refractivity contribution in [2.45, 2.75) is 317 Å². The van der Waals surface area contributed by atoms with Crippen molar-refractivity contribution in [2.75, 3.05) is 26.4 Å². The third-order valence-corrected chi connectivity index (χ3v) is 15.7. The SMILES string of the molecule is CCCCCCCCCCCCCCCC/C=C/CC/C=C/CC/C=C/C(O)C(COC1OC(CO)C(OC2OC(CO)C(OC3OC(CO)C(O)C(O)C3O)C(O)C2O)C(O)C1O)NC(=O)CCCCCCCCCCCCC. The Morgan fingerprint density at radius 1 is 0.438 bits per heavy atom. The van der Waals surface area contributed by atoms with Gasteiger partial charge in [0.1, 0.15) is 73.2 Å². The Balaban J connectivity index is 1.48. The van der Waals surface area contributed by atoms with Crippen LogP contribution in [0.15, 0.2) is 36.5 Å². The zero-order chi connectivity index (χ0) is 58.3. The summed E-state index contributed by atoms with van der Waals surface area (Å²) in [5.41, 5.74) is 0. The molecule has 0 saturated carbocycles. The van der Waals surface area contributed by atoms with Crippen LogP contribution in [-0.4, -0.2) is 193 Å². The summed E-state index contributed by atoms with van der Waals surface area (Å²) in [6.07, 6.45) is 21.4. The van der Waals surface area contributed by atoms with Gasteiger partial charge in [0.2, 0.25) is 5.91 Å². The van der Waals surface area contributed by atoms with E-state index in [1.54, 1.807) is 6.08 Å². The van der Waals surface area contributed by atoms with Crippen LogP contribution in [0, 0.1) is 0 Å². The van der Waals surface area contributed by atoms with Gasteiger partial charge < -0.3 is 89.9 Å². The molecule has 0 aliphatic carbocycles. The second kappa shape index (κ2) is 44.5. The second-order valence-electron chi connectivity index (χ2n) is 22.5. The maximum Gasteiger partial charge on any atom is 0.220 e. The van der Waals surface area contributed by atoms with Crippen molar-refractivity contribution >= 4 is 5.91 Å². The summed E-state index contributed by atoms with van der Waals surface area (Å²) >= 11 is 0. The summed E-state index contributed by atoms with van der Waals surface area (Å²) in [5.74, 6) is -0.291. The van der Waals surface area contributed by atoms with E-state index in [2.05, 4.69) is 43.5 Å². The third kappa shape index (κ3) is 27.8. The van der Waals surface area contributed by atoms with E-state index in [1.165, 1.54) is 135 Å². The Hall–Kier alpha value is -1.99. The van der Waals surface area contributed by atoms with Crippen molar-refractivity contribution in [1.29, 1.82) is 0 Å². The van der Waals surface area contributed by atoms with Crippen LogP contribution >= 0.6 is 0 Å². The molecule has 3 heterocycles. The third-order valence-electron chi connectivity index (χ3n) is 15.7. The van der Waals surface area contributed by atoms with Gasteiger partial charge in [0.25, 0.3) is 0 Å². The molecule has 17 atom stereocenters. The lowest BCUT2D eigenvalue weighted by Gasteiger charge is -2.48. The minimum Gasteiger partial charge on any atom is -0.394 e. The van der Waals surface area contributed by atoms with Gasteiger partial charge in [-0.05, 0) is 44.9 Å². The molecule has 19 heteroatoms. The molecule has 80 heavy (non-hydrogen) atoms. The standard InChI is InChI=1S/C61H111NO18/c1-3-5-7-9-11-13-15-16-17-18-19-20-21-22-23-24-25-26-27-29-30-32-34-36-38-45(66)44(62-49(67)39-37-35-33-31-28-14-12-10-8-6-4-2)43-75-59-55(73)52(70)57(47(41-64)77-59)80-61-56(74)53(71)58(48(42-65)78-61)79-60-54(72)51(69)50(68)46(40-63)76-60/h24-25,29-30,36,38,44-48,50-61,63-66,68-74H,3-23,26-28,31-35,37,39-43H2,1-2H3,(H,62,67)/b25-24+,30-29+,38-36+. The number of amides is 1. The molecule has 0 spiro atoms. The topological polar surface area (TPSA) is 307 Å². The lowest BCUT2D eigenvalue weighted by atomic mass is 9.96. The number of unbranched alkanes of at least 4 members (excludes halogenated alkanes) is 26. The predicted molar refractivity (Wildman–Crippen MR) is 305 cm³/mol. The van der Waals surface area contributed by atoms with E-state index in [4.69, 9.17) is 28.4 Å². The first-order valence-electron chi connectivity index (χ1n) is 31.2. The van der Waals surface area contributed by atoms with Crippen molar-refractivity contribution in [3.63, 3.8) is 0 Å². The van der Waals surface area contributed by atoms with Gasteiger partial charge in [0.05, 0.1) is 38.6 Å². The molecule has 17 unspecified atom stereocenters. The molecule has 468 valence electrons. The van der Waals surface area contributed by atoms with E-state index < -0.39 is 124 Å². The van der Waals surface area contributed by atoms with Gasteiger partial charge in [-0.2, -0.15) is 0 Å². The molecule has 0 aromatic carbocycles. The monoisotopic (exact) mass is 1150 g/mol. The van der Waals surface area contributed by atoms with Crippen LogP contribution in [0.4, 0.5) is 0 Å². The first-order chi connectivity index (χ1) is 38.8. The van der Waals surface area contributed by atoms with Crippen molar-refractivity contribution in [2.24, 2.45) is 0 Å². The Bertz CT molecular complexity index is 1600. The Labute approximate surface area is 479 Å². The summed E-state index contributed by atoms with van der Waals surface area (Å²) in [6, 6.07) is -0.992. The van der Waals surface area contributed by atoms with Gasteiger partial charge in [-0.3, -0.25) is 4.79 Å². The van der Waals surface area contributed by atoms with E-state index >= 15 is 0 Å². The molecule has 19 nitrogen and oxygen atoms in total. The average Bonchev–Trinajstić information content (AvgIpc) is 3.55. The number of rotatable bonds is 46. The molecule has 0 aromatic rings. The lowest BCUT2D eigenvalue weighted by Crippen LogP contribution is -2.66. The molecule has 3 fully saturated rings. The first-order valence-corrected chi connectivity index (χ1v) is 31.2. The van der Waals surface area contributed by atoms with Crippen LogP contribution in [0.2, 0.25) is 0 Å². The summed E-state index contributed by atoms with van der Waals surface area (Å²) < 4.78 is 34.2. The quantitative estimate of drug-likeness (QED) is 0.0242. The largest absolute Gasteiger partial charge is 0.394 e. The highest BCUT2D eigenvalue weighted by atomic mass is 16.8. The maximum atomic E-state index is 13.3. The second-order valence-corrected chi connectivity index (χ2v) is 22.5. The highest BCUT2D eigenvalue weighted by molar-refractivity contribution is 5.76. The number of aliphatic hydroxyl groups is 11. The molecule has 3 rings (SSSR count). The molecule has 0 aromatic heterocycles.